The van der Waals surface area contributed by atoms with Crippen LogP contribution in [0.2, 0.25) is 0 Å². The third-order valence-electron chi connectivity index (χ3n) is 7.28. The van der Waals surface area contributed by atoms with Crippen LogP contribution < -0.4 is 10.8 Å². The summed E-state index contributed by atoms with van der Waals surface area (Å²) in [5.74, 6) is -0.665. The number of hydrogen-bond donors (Lipinski definition) is 4. The van der Waals surface area contributed by atoms with Gasteiger partial charge in [0.15, 0.2) is 6.29 Å². The highest BCUT2D eigenvalue weighted by atomic mass is 16.7. The molecule has 1 aliphatic rings. The Morgan fingerprint density at radius 2 is 1.67 bits per heavy atom. The Morgan fingerprint density at radius 3 is 2.36 bits per heavy atom. The summed E-state index contributed by atoms with van der Waals surface area (Å²) in [5.41, 5.74) is 6.33. The molecule has 0 spiro atoms. The average Bonchev–Trinajstić information content (AvgIpc) is 3.03. The van der Waals surface area contributed by atoms with Crippen LogP contribution in [-0.2, 0) is 38.6 Å². The summed E-state index contributed by atoms with van der Waals surface area (Å²) in [4.78, 5) is 29.9. The lowest BCUT2D eigenvalue weighted by Crippen LogP contribution is -2.38. The highest BCUT2D eigenvalue weighted by molar-refractivity contribution is 5.78. The first-order valence-electron chi connectivity index (χ1n) is 14.3. The molecule has 10 heteroatoms. The van der Waals surface area contributed by atoms with Crippen molar-refractivity contribution in [1.29, 1.82) is 0 Å². The SMILES string of the molecule is CN(CCc1ccccn1)C[C@@H]1C[C@H](c2ccc(CO)cc2)O[C@H](c2ccc(CNC(=O)CCCC(=O)NO)cc2)O1. The Bertz CT molecular complexity index is 1260. The predicted octanol–water partition coefficient (Wildman–Crippen LogP) is 3.59. The number of amides is 2. The number of benzene rings is 2. The number of nitrogens with one attached hydrogen (secondary N) is 2. The molecule has 2 heterocycles. The summed E-state index contributed by atoms with van der Waals surface area (Å²) in [7, 11) is 2.09. The van der Waals surface area contributed by atoms with Gasteiger partial charge in [0.05, 0.1) is 18.8 Å². The zero-order valence-corrected chi connectivity index (χ0v) is 23.9. The molecule has 1 aliphatic heterocycles. The molecule has 2 aromatic carbocycles. The fourth-order valence-corrected chi connectivity index (χ4v) is 4.87. The van der Waals surface area contributed by atoms with E-state index >= 15 is 0 Å². The zero-order chi connectivity index (χ0) is 29.7. The molecule has 4 N–H and O–H groups in total. The first kappa shape index (κ1) is 31.3. The molecule has 3 atom stereocenters. The van der Waals surface area contributed by atoms with Gasteiger partial charge in [-0.05, 0) is 42.3 Å². The largest absolute Gasteiger partial charge is 0.392 e. The van der Waals surface area contributed by atoms with Crippen LogP contribution >= 0.6 is 0 Å². The van der Waals surface area contributed by atoms with Gasteiger partial charge in [-0.25, -0.2) is 5.48 Å². The summed E-state index contributed by atoms with van der Waals surface area (Å²) in [5, 5.41) is 20.9. The van der Waals surface area contributed by atoms with Gasteiger partial charge in [0.25, 0.3) is 0 Å². The van der Waals surface area contributed by atoms with Crippen molar-refractivity contribution in [2.45, 2.75) is 63.8 Å². The molecule has 3 aromatic rings. The molecule has 1 saturated heterocycles. The lowest BCUT2D eigenvalue weighted by molar-refractivity contribution is -0.252. The minimum Gasteiger partial charge on any atom is -0.392 e. The van der Waals surface area contributed by atoms with Crippen LogP contribution in [0.5, 0.6) is 0 Å². The zero-order valence-electron chi connectivity index (χ0n) is 23.9. The van der Waals surface area contributed by atoms with Gasteiger partial charge in [0, 0.05) is 62.8 Å². The first-order valence-corrected chi connectivity index (χ1v) is 14.3. The fraction of sp³-hybridized carbons (Fsp3) is 0.406. The average molecular weight is 577 g/mol. The highest BCUT2D eigenvalue weighted by Crippen LogP contribution is 2.38. The van der Waals surface area contributed by atoms with Crippen LogP contribution in [0, 0.1) is 0 Å². The predicted molar refractivity (Wildman–Crippen MR) is 156 cm³/mol. The van der Waals surface area contributed by atoms with Crippen molar-refractivity contribution in [3.05, 3.63) is 101 Å². The highest BCUT2D eigenvalue weighted by Gasteiger charge is 2.32. The molecule has 4 rings (SSSR count). The number of pyridine rings is 1. The summed E-state index contributed by atoms with van der Waals surface area (Å²) in [6, 6.07) is 21.6. The van der Waals surface area contributed by atoms with E-state index in [4.69, 9.17) is 14.7 Å². The number of hydroxylamine groups is 1. The van der Waals surface area contributed by atoms with Gasteiger partial charge >= 0.3 is 0 Å². The topological polar surface area (TPSA) is 133 Å². The molecule has 0 radical (unpaired) electrons. The minimum atomic E-state index is -0.559. The number of aromatic nitrogens is 1. The van der Waals surface area contributed by atoms with Crippen LogP contribution in [0.15, 0.2) is 72.9 Å². The van der Waals surface area contributed by atoms with Crippen molar-refractivity contribution in [2.24, 2.45) is 0 Å². The number of likely N-dealkylation sites (N-methyl/N-ethyl adjacent to an activating group) is 1. The molecule has 2 amide bonds. The quantitative estimate of drug-likeness (QED) is 0.169. The van der Waals surface area contributed by atoms with Crippen molar-refractivity contribution in [3.8, 4) is 0 Å². The molecular weight excluding hydrogens is 536 g/mol. The summed E-state index contributed by atoms with van der Waals surface area (Å²) in [6.07, 6.45) is 3.23. The van der Waals surface area contributed by atoms with E-state index in [1.807, 2.05) is 72.9 Å². The van der Waals surface area contributed by atoms with E-state index < -0.39 is 12.2 Å². The van der Waals surface area contributed by atoms with Crippen LogP contribution in [0.1, 0.15) is 66.0 Å². The first-order chi connectivity index (χ1) is 20.4. The van der Waals surface area contributed by atoms with Crippen molar-refractivity contribution in [3.63, 3.8) is 0 Å². The lowest BCUT2D eigenvalue weighted by Gasteiger charge is -2.38. The van der Waals surface area contributed by atoms with E-state index in [1.54, 1.807) is 5.48 Å². The van der Waals surface area contributed by atoms with Crippen LogP contribution in [0.3, 0.4) is 0 Å². The van der Waals surface area contributed by atoms with Gasteiger partial charge in [-0.15, -0.1) is 0 Å². The lowest BCUT2D eigenvalue weighted by atomic mass is 9.99. The van der Waals surface area contributed by atoms with Gasteiger partial charge in [0.1, 0.15) is 0 Å². The number of rotatable bonds is 14. The molecule has 0 unspecified atom stereocenters. The number of hydrogen-bond acceptors (Lipinski definition) is 8. The maximum absolute atomic E-state index is 12.1. The maximum Gasteiger partial charge on any atom is 0.243 e. The second-order valence-corrected chi connectivity index (χ2v) is 10.6. The third-order valence-corrected chi connectivity index (χ3v) is 7.28. The van der Waals surface area contributed by atoms with Gasteiger partial charge in [-0.1, -0.05) is 54.6 Å². The summed E-state index contributed by atoms with van der Waals surface area (Å²) >= 11 is 0. The number of carbonyl (C=O) groups excluding carboxylic acids is 2. The fourth-order valence-electron chi connectivity index (χ4n) is 4.87. The van der Waals surface area contributed by atoms with Crippen molar-refractivity contribution in [1.82, 2.24) is 20.7 Å². The van der Waals surface area contributed by atoms with Crippen molar-refractivity contribution in [2.75, 3.05) is 20.1 Å². The van der Waals surface area contributed by atoms with E-state index in [9.17, 15) is 14.7 Å². The van der Waals surface area contributed by atoms with Gasteiger partial charge in [0.2, 0.25) is 11.8 Å². The Labute approximate surface area is 246 Å². The molecule has 0 saturated carbocycles. The standard InChI is InChI=1S/C32H40N4O6/c1-36(18-16-27-5-2-3-17-33-27)21-28-19-29(25-12-10-24(22-37)11-13-25)42-32(41-28)26-14-8-23(9-15-26)20-34-30(38)6-4-7-31(39)35-40/h2-3,5,8-15,17,28-29,32,37,40H,4,6-7,16,18-22H2,1H3,(H,34,38)(H,35,39)/t28-,29+,32+/m0/s1. The molecule has 0 aliphatic carbocycles. The second kappa shape index (κ2) is 16.1. The molecule has 224 valence electrons. The Kier molecular flexibility index (Phi) is 12.0. The molecule has 1 fully saturated rings. The molecule has 0 bridgehead atoms. The van der Waals surface area contributed by atoms with Crippen LogP contribution in [0.4, 0.5) is 0 Å². The van der Waals surface area contributed by atoms with E-state index in [2.05, 4.69) is 22.2 Å². The normalized spacial score (nSPS) is 18.5. The Morgan fingerprint density at radius 1 is 0.952 bits per heavy atom. The van der Waals surface area contributed by atoms with E-state index in [1.165, 1.54) is 0 Å². The van der Waals surface area contributed by atoms with Gasteiger partial charge in [-0.3, -0.25) is 19.8 Å². The maximum atomic E-state index is 12.1. The monoisotopic (exact) mass is 576 g/mol. The van der Waals surface area contributed by atoms with Gasteiger partial charge in [-0.2, -0.15) is 0 Å². The number of carbonyl (C=O) groups is 2. The van der Waals surface area contributed by atoms with E-state index in [-0.39, 0.29) is 37.6 Å². The van der Waals surface area contributed by atoms with E-state index in [0.29, 0.717) is 19.4 Å². The molecule has 10 nitrogen and oxygen atoms in total. The van der Waals surface area contributed by atoms with Crippen molar-refractivity contribution >= 4 is 11.8 Å². The van der Waals surface area contributed by atoms with Crippen LogP contribution in [-0.4, -0.2) is 58.3 Å². The molecular formula is C32H40N4O6. The number of nitrogens with zero attached hydrogens (tertiary/aromatic N) is 2. The summed E-state index contributed by atoms with van der Waals surface area (Å²) in [6.45, 7) is 1.95. The summed E-state index contributed by atoms with van der Waals surface area (Å²) < 4.78 is 12.9. The van der Waals surface area contributed by atoms with Crippen molar-refractivity contribution < 1.29 is 29.4 Å². The second-order valence-electron chi connectivity index (χ2n) is 10.6. The van der Waals surface area contributed by atoms with Gasteiger partial charge < -0.3 is 24.8 Å². The van der Waals surface area contributed by atoms with Crippen LogP contribution in [0.25, 0.3) is 0 Å². The smallest absolute Gasteiger partial charge is 0.243 e. The number of ether oxygens (including phenoxy) is 2. The van der Waals surface area contributed by atoms with E-state index in [0.717, 1.165) is 47.5 Å². The number of aliphatic hydroxyl groups excluding tert-OH is 1. The number of aliphatic hydroxyl groups is 1. The minimum absolute atomic E-state index is 0.00506. The molecule has 1 aromatic heterocycles. The third kappa shape index (κ3) is 9.71. The molecule has 42 heavy (non-hydrogen) atoms. The Hall–Kier alpha value is -3.67. The Balaban J connectivity index is 1.37.